The number of esters is 1. The van der Waals surface area contributed by atoms with E-state index in [0.717, 1.165) is 5.56 Å². The van der Waals surface area contributed by atoms with Crippen LogP contribution in [0.25, 0.3) is 0 Å². The molecule has 8 heteroatoms. The third-order valence-electron chi connectivity index (χ3n) is 4.02. The fourth-order valence-electron chi connectivity index (χ4n) is 2.79. The summed E-state index contributed by atoms with van der Waals surface area (Å²) < 4.78 is 15.3. The van der Waals surface area contributed by atoms with Gasteiger partial charge in [-0.3, -0.25) is 9.89 Å². The van der Waals surface area contributed by atoms with Crippen LogP contribution < -0.4 is 15.2 Å². The summed E-state index contributed by atoms with van der Waals surface area (Å²) in [7, 11) is 2.88. The van der Waals surface area contributed by atoms with Crippen molar-refractivity contribution in [2.75, 3.05) is 14.2 Å². The number of carbonyl (C=O) groups excluding carboxylic acids is 1. The van der Waals surface area contributed by atoms with E-state index in [1.54, 1.807) is 19.2 Å². The highest BCUT2D eigenvalue weighted by molar-refractivity contribution is 5.73. The molecule has 1 aromatic carbocycles. The lowest BCUT2D eigenvalue weighted by molar-refractivity contribution is -0.139. The van der Waals surface area contributed by atoms with E-state index in [9.17, 15) is 10.1 Å². The lowest BCUT2D eigenvalue weighted by Gasteiger charge is -2.24. The van der Waals surface area contributed by atoms with Gasteiger partial charge in [0, 0.05) is 0 Å². The Hall–Kier alpha value is -3.47. The van der Waals surface area contributed by atoms with Crippen LogP contribution in [0.1, 0.15) is 22.7 Å². The number of fused-ring (bicyclic) bond motifs is 1. The van der Waals surface area contributed by atoms with Gasteiger partial charge in [-0.05, 0) is 17.7 Å². The Morgan fingerprint density at radius 3 is 2.72 bits per heavy atom. The van der Waals surface area contributed by atoms with Crippen molar-refractivity contribution in [1.82, 2.24) is 10.2 Å². The minimum absolute atomic E-state index is 0.00747. The van der Waals surface area contributed by atoms with Crippen molar-refractivity contribution in [3.8, 4) is 17.7 Å². The van der Waals surface area contributed by atoms with Gasteiger partial charge in [-0.1, -0.05) is 12.1 Å². The van der Waals surface area contributed by atoms with Crippen molar-refractivity contribution in [2.45, 2.75) is 12.3 Å². The summed E-state index contributed by atoms with van der Waals surface area (Å²) in [4.78, 5) is 11.7. The monoisotopic (exact) mass is 340 g/mol. The molecule has 1 aliphatic heterocycles. The first-order chi connectivity index (χ1) is 12.1. The van der Waals surface area contributed by atoms with E-state index in [1.807, 2.05) is 12.1 Å². The molecule has 0 bridgehead atoms. The van der Waals surface area contributed by atoms with E-state index in [-0.39, 0.29) is 23.8 Å². The second kappa shape index (κ2) is 6.57. The predicted octanol–water partition coefficient (Wildman–Crippen LogP) is 1.35. The van der Waals surface area contributed by atoms with Crippen LogP contribution in [0.4, 0.5) is 0 Å². The first kappa shape index (κ1) is 16.4. The predicted molar refractivity (Wildman–Crippen MR) is 86.6 cm³/mol. The molecule has 0 radical (unpaired) electrons. The maximum Gasteiger partial charge on any atom is 0.311 e. The number of aromatic nitrogens is 2. The van der Waals surface area contributed by atoms with Crippen LogP contribution in [-0.2, 0) is 16.0 Å². The van der Waals surface area contributed by atoms with Gasteiger partial charge in [0.2, 0.25) is 11.8 Å². The molecule has 1 unspecified atom stereocenters. The molecule has 0 fully saturated rings. The third-order valence-corrected chi connectivity index (χ3v) is 4.02. The van der Waals surface area contributed by atoms with Crippen LogP contribution in [0, 0.1) is 11.3 Å². The van der Waals surface area contributed by atoms with Gasteiger partial charge in [-0.15, -0.1) is 5.10 Å². The Morgan fingerprint density at radius 2 is 2.12 bits per heavy atom. The second-order valence-electron chi connectivity index (χ2n) is 5.37. The topological polar surface area (TPSA) is 123 Å². The number of nitrogens with two attached hydrogens (primary N) is 1. The number of hydrogen-bond acceptors (Lipinski definition) is 7. The first-order valence-corrected chi connectivity index (χ1v) is 7.44. The standard InChI is InChI=1S/C17H16N4O4/c1-23-10-5-3-9(4-6-10)14-11(8-18)16(19)25-17-15(14)12(20-21-17)7-13(22)24-2/h3-6,14H,7,19H2,1-2H3,(H,20,21). The minimum Gasteiger partial charge on any atom is -0.497 e. The molecule has 1 atom stereocenters. The van der Waals surface area contributed by atoms with Gasteiger partial charge in [0.05, 0.1) is 37.8 Å². The number of carbonyl (C=O) groups is 1. The van der Waals surface area contributed by atoms with Crippen molar-refractivity contribution in [3.63, 3.8) is 0 Å². The molecule has 3 rings (SSSR count). The number of H-pyrrole nitrogens is 1. The Bertz CT molecular complexity index is 877. The number of nitriles is 1. The normalized spacial score (nSPS) is 15.8. The number of allylic oxidation sites excluding steroid dienone is 1. The van der Waals surface area contributed by atoms with Gasteiger partial charge in [-0.25, -0.2) is 0 Å². The molecule has 0 spiro atoms. The lowest BCUT2D eigenvalue weighted by Crippen LogP contribution is -2.21. The summed E-state index contributed by atoms with van der Waals surface area (Å²) in [5.74, 6) is -0.00403. The smallest absolute Gasteiger partial charge is 0.311 e. The maximum absolute atomic E-state index is 11.7. The number of ether oxygens (including phenoxy) is 3. The third kappa shape index (κ3) is 2.87. The summed E-state index contributed by atoms with van der Waals surface area (Å²) in [6.07, 6.45) is -0.0204. The Balaban J connectivity index is 2.13. The van der Waals surface area contributed by atoms with E-state index in [4.69, 9.17) is 19.9 Å². The lowest BCUT2D eigenvalue weighted by atomic mass is 9.83. The van der Waals surface area contributed by atoms with E-state index in [2.05, 4.69) is 16.3 Å². The zero-order chi connectivity index (χ0) is 18.0. The number of rotatable bonds is 4. The van der Waals surface area contributed by atoms with Gasteiger partial charge in [0.25, 0.3) is 0 Å². The number of nitrogens with zero attached hydrogens (tertiary/aromatic N) is 2. The fraction of sp³-hybridized carbons (Fsp3) is 0.235. The molecule has 3 N–H and O–H groups in total. The fourth-order valence-corrected chi connectivity index (χ4v) is 2.79. The summed E-state index contributed by atoms with van der Waals surface area (Å²) in [6.45, 7) is 0. The molecule has 8 nitrogen and oxygen atoms in total. The summed E-state index contributed by atoms with van der Waals surface area (Å²) >= 11 is 0. The number of aromatic amines is 1. The van der Waals surface area contributed by atoms with Gasteiger partial charge in [0.1, 0.15) is 17.4 Å². The van der Waals surface area contributed by atoms with Gasteiger partial charge >= 0.3 is 5.97 Å². The van der Waals surface area contributed by atoms with Gasteiger partial charge in [-0.2, -0.15) is 5.26 Å². The molecular weight excluding hydrogens is 324 g/mol. The number of hydrogen-bond donors (Lipinski definition) is 2. The zero-order valence-electron chi connectivity index (χ0n) is 13.7. The SMILES string of the molecule is COC(=O)Cc1[nH]nc2c1C(c1ccc(OC)cc1)C(C#N)=C(N)O2. The van der Waals surface area contributed by atoms with E-state index in [0.29, 0.717) is 17.0 Å². The molecular formula is C17H16N4O4. The Kier molecular flexibility index (Phi) is 4.31. The number of benzene rings is 1. The molecule has 2 heterocycles. The van der Waals surface area contributed by atoms with Crippen LogP contribution in [0.5, 0.6) is 11.6 Å². The Labute approximate surface area is 143 Å². The van der Waals surface area contributed by atoms with Crippen LogP contribution in [-0.4, -0.2) is 30.4 Å². The van der Waals surface area contributed by atoms with Gasteiger partial charge in [0.15, 0.2) is 0 Å². The molecule has 0 aliphatic carbocycles. The number of nitrogens with one attached hydrogen (secondary N) is 1. The molecule has 2 aromatic rings. The van der Waals surface area contributed by atoms with E-state index >= 15 is 0 Å². The van der Waals surface area contributed by atoms with Crippen molar-refractivity contribution in [1.29, 1.82) is 5.26 Å². The molecule has 1 aliphatic rings. The average Bonchev–Trinajstić information content (AvgIpc) is 3.02. The maximum atomic E-state index is 11.7. The molecule has 25 heavy (non-hydrogen) atoms. The highest BCUT2D eigenvalue weighted by atomic mass is 16.5. The van der Waals surface area contributed by atoms with Crippen molar-refractivity contribution < 1.29 is 19.0 Å². The molecule has 128 valence electrons. The van der Waals surface area contributed by atoms with E-state index in [1.165, 1.54) is 7.11 Å². The summed E-state index contributed by atoms with van der Waals surface area (Å²) in [5.41, 5.74) is 8.06. The van der Waals surface area contributed by atoms with Crippen LogP contribution >= 0.6 is 0 Å². The van der Waals surface area contributed by atoms with Crippen molar-refractivity contribution in [2.24, 2.45) is 5.73 Å². The zero-order valence-corrected chi connectivity index (χ0v) is 13.7. The quantitative estimate of drug-likeness (QED) is 0.805. The summed E-state index contributed by atoms with van der Waals surface area (Å²) in [5, 5.41) is 16.4. The molecule has 0 saturated carbocycles. The van der Waals surface area contributed by atoms with Crippen molar-refractivity contribution >= 4 is 5.97 Å². The first-order valence-electron chi connectivity index (χ1n) is 7.44. The highest BCUT2D eigenvalue weighted by Crippen LogP contribution is 2.43. The highest BCUT2D eigenvalue weighted by Gasteiger charge is 2.35. The van der Waals surface area contributed by atoms with Crippen LogP contribution in [0.2, 0.25) is 0 Å². The Morgan fingerprint density at radius 1 is 1.40 bits per heavy atom. The van der Waals surface area contributed by atoms with E-state index < -0.39 is 11.9 Å². The van der Waals surface area contributed by atoms with Gasteiger partial charge < -0.3 is 19.9 Å². The second-order valence-corrected chi connectivity index (χ2v) is 5.37. The summed E-state index contributed by atoms with van der Waals surface area (Å²) in [6, 6.07) is 9.33. The average molecular weight is 340 g/mol. The van der Waals surface area contributed by atoms with Crippen LogP contribution in [0.15, 0.2) is 35.7 Å². The molecule has 0 saturated heterocycles. The number of methoxy groups -OCH3 is 2. The molecule has 1 aromatic heterocycles. The van der Waals surface area contributed by atoms with Crippen molar-refractivity contribution in [3.05, 3.63) is 52.5 Å². The minimum atomic E-state index is -0.502. The largest absolute Gasteiger partial charge is 0.497 e. The molecule has 0 amide bonds. The van der Waals surface area contributed by atoms with Crippen LogP contribution in [0.3, 0.4) is 0 Å².